The van der Waals surface area contributed by atoms with E-state index in [9.17, 15) is 4.79 Å². The molecule has 1 aliphatic rings. The summed E-state index contributed by atoms with van der Waals surface area (Å²) in [6.07, 6.45) is 0.0695. The van der Waals surface area contributed by atoms with Gasteiger partial charge in [-0.25, -0.2) is 4.68 Å². The van der Waals surface area contributed by atoms with Crippen LogP contribution >= 0.6 is 11.8 Å². The van der Waals surface area contributed by atoms with Crippen molar-refractivity contribution in [3.05, 3.63) is 18.2 Å². The topological polar surface area (TPSA) is 105 Å². The molecule has 2 N–H and O–H groups in total. The average Bonchev–Trinajstić information content (AvgIpc) is 3.05. The predicted molar refractivity (Wildman–Crippen MR) is 106 cm³/mol. The Morgan fingerprint density at radius 1 is 1.21 bits per heavy atom. The van der Waals surface area contributed by atoms with E-state index in [1.54, 1.807) is 26.4 Å². The number of nitrogens with zero attached hydrogens (tertiary/aromatic N) is 4. The zero-order valence-corrected chi connectivity index (χ0v) is 17.2. The maximum atomic E-state index is 12.5. The minimum absolute atomic E-state index is 0.0302. The molecular formula is C18H25N5O4S. The van der Waals surface area contributed by atoms with Crippen molar-refractivity contribution in [3.8, 4) is 22.9 Å². The van der Waals surface area contributed by atoms with Crippen LogP contribution in [0.15, 0.2) is 23.4 Å². The van der Waals surface area contributed by atoms with Crippen LogP contribution in [0, 0.1) is 0 Å². The van der Waals surface area contributed by atoms with Gasteiger partial charge < -0.3 is 25.0 Å². The third-order valence-electron chi connectivity index (χ3n) is 4.40. The molecule has 3 rings (SSSR count). The van der Waals surface area contributed by atoms with Crippen LogP contribution in [0.5, 0.6) is 11.5 Å². The van der Waals surface area contributed by atoms with Crippen molar-refractivity contribution in [1.29, 1.82) is 0 Å². The Kier molecular flexibility index (Phi) is 6.30. The van der Waals surface area contributed by atoms with Gasteiger partial charge in [-0.1, -0.05) is 11.8 Å². The molecule has 1 aromatic heterocycles. The highest BCUT2D eigenvalue weighted by atomic mass is 32.2. The summed E-state index contributed by atoms with van der Waals surface area (Å²) in [7, 11) is 3.14. The number of hydrogen-bond donors (Lipinski definition) is 1. The van der Waals surface area contributed by atoms with Crippen molar-refractivity contribution < 1.29 is 19.0 Å². The number of hydrogen-bond acceptors (Lipinski definition) is 8. The van der Waals surface area contributed by atoms with Crippen molar-refractivity contribution in [3.63, 3.8) is 0 Å². The van der Waals surface area contributed by atoms with E-state index >= 15 is 0 Å². The fourth-order valence-corrected chi connectivity index (χ4v) is 3.91. The number of carbonyl (C=O) groups excluding carboxylic acids is 1. The van der Waals surface area contributed by atoms with Crippen molar-refractivity contribution in [1.82, 2.24) is 19.8 Å². The molecule has 10 heteroatoms. The van der Waals surface area contributed by atoms with Crippen LogP contribution in [0.25, 0.3) is 11.4 Å². The number of amides is 1. The second kappa shape index (κ2) is 8.70. The third-order valence-corrected chi connectivity index (χ3v) is 5.33. The molecule has 9 nitrogen and oxygen atoms in total. The van der Waals surface area contributed by atoms with Gasteiger partial charge in [-0.05, 0) is 32.0 Å². The lowest BCUT2D eigenvalue weighted by atomic mass is 10.2. The normalized spacial score (nSPS) is 19.5. The number of nitrogens with two attached hydrogens (primary N) is 1. The summed E-state index contributed by atoms with van der Waals surface area (Å²) in [5, 5.41) is 8.74. The third kappa shape index (κ3) is 4.33. The molecule has 0 radical (unpaired) electrons. The molecule has 152 valence electrons. The summed E-state index contributed by atoms with van der Waals surface area (Å²) in [4.78, 5) is 14.3. The second-order valence-corrected chi connectivity index (χ2v) is 7.53. The van der Waals surface area contributed by atoms with Gasteiger partial charge in [0.25, 0.3) is 0 Å². The van der Waals surface area contributed by atoms with E-state index in [2.05, 4.69) is 10.2 Å². The van der Waals surface area contributed by atoms with Gasteiger partial charge in [-0.15, -0.1) is 10.2 Å². The standard InChI is InChI=1S/C18H25N5O4S/c1-11-8-22(9-12(2)27-11)16(24)10-28-18-21-20-17(23(18)19)13-5-6-14(25-3)15(7-13)26-4/h5-7,11-12H,8-10,19H2,1-4H3. The van der Waals surface area contributed by atoms with Gasteiger partial charge in [-0.3, -0.25) is 4.79 Å². The Morgan fingerprint density at radius 2 is 1.89 bits per heavy atom. The second-order valence-electron chi connectivity index (χ2n) is 6.59. The minimum atomic E-state index is 0.0302. The summed E-state index contributed by atoms with van der Waals surface area (Å²) >= 11 is 1.26. The molecule has 1 amide bonds. The molecule has 0 bridgehead atoms. The highest BCUT2D eigenvalue weighted by molar-refractivity contribution is 7.99. The first-order valence-electron chi connectivity index (χ1n) is 8.91. The molecule has 1 aromatic carbocycles. The molecule has 0 spiro atoms. The van der Waals surface area contributed by atoms with Crippen LogP contribution in [0.3, 0.4) is 0 Å². The highest BCUT2D eigenvalue weighted by Crippen LogP contribution is 2.32. The van der Waals surface area contributed by atoms with Crippen LogP contribution in [0.1, 0.15) is 13.8 Å². The van der Waals surface area contributed by atoms with Crippen LogP contribution in [-0.2, 0) is 9.53 Å². The van der Waals surface area contributed by atoms with E-state index in [1.807, 2.05) is 24.8 Å². The quantitative estimate of drug-likeness (QED) is 0.566. The van der Waals surface area contributed by atoms with Gasteiger partial charge in [0.2, 0.25) is 11.1 Å². The maximum Gasteiger partial charge on any atom is 0.233 e. The highest BCUT2D eigenvalue weighted by Gasteiger charge is 2.26. The van der Waals surface area contributed by atoms with E-state index in [4.69, 9.17) is 20.1 Å². The fraction of sp³-hybridized carbons (Fsp3) is 0.500. The molecule has 1 aliphatic heterocycles. The van der Waals surface area contributed by atoms with Gasteiger partial charge in [-0.2, -0.15) is 0 Å². The van der Waals surface area contributed by atoms with E-state index in [0.717, 1.165) is 5.56 Å². The Labute approximate surface area is 168 Å². The van der Waals surface area contributed by atoms with E-state index in [1.165, 1.54) is 16.4 Å². The van der Waals surface area contributed by atoms with E-state index in [-0.39, 0.29) is 23.9 Å². The van der Waals surface area contributed by atoms with Crippen LogP contribution in [0.4, 0.5) is 0 Å². The van der Waals surface area contributed by atoms with E-state index in [0.29, 0.717) is 35.6 Å². The first kappa shape index (κ1) is 20.3. The van der Waals surface area contributed by atoms with Gasteiger partial charge in [0.05, 0.1) is 32.2 Å². The lowest BCUT2D eigenvalue weighted by Crippen LogP contribution is -2.48. The fourth-order valence-electron chi connectivity index (χ4n) is 3.15. The average molecular weight is 407 g/mol. The molecule has 2 heterocycles. The summed E-state index contributed by atoms with van der Waals surface area (Å²) < 4.78 is 17.6. The van der Waals surface area contributed by atoms with Crippen molar-refractivity contribution in [2.24, 2.45) is 0 Å². The zero-order valence-electron chi connectivity index (χ0n) is 16.4. The minimum Gasteiger partial charge on any atom is -0.493 e. The molecule has 0 saturated carbocycles. The number of nitrogen functional groups attached to an aromatic ring is 1. The molecular weight excluding hydrogens is 382 g/mol. The van der Waals surface area contributed by atoms with Gasteiger partial charge in [0.1, 0.15) is 0 Å². The smallest absolute Gasteiger partial charge is 0.233 e. The molecule has 1 fully saturated rings. The number of rotatable bonds is 6. The first-order chi connectivity index (χ1) is 13.4. The predicted octanol–water partition coefficient (Wildman–Crippen LogP) is 1.40. The van der Waals surface area contributed by atoms with Crippen LogP contribution < -0.4 is 15.3 Å². The van der Waals surface area contributed by atoms with Crippen molar-refractivity contribution >= 4 is 17.7 Å². The van der Waals surface area contributed by atoms with Crippen molar-refractivity contribution in [2.45, 2.75) is 31.2 Å². The summed E-state index contributed by atoms with van der Waals surface area (Å²) in [6, 6.07) is 5.38. The number of benzene rings is 1. The van der Waals surface area contributed by atoms with Gasteiger partial charge in [0.15, 0.2) is 17.3 Å². The number of methoxy groups -OCH3 is 2. The maximum absolute atomic E-state index is 12.5. The Balaban J connectivity index is 1.69. The van der Waals surface area contributed by atoms with Gasteiger partial charge >= 0.3 is 0 Å². The molecule has 2 aromatic rings. The SMILES string of the molecule is COc1ccc(-c2nnc(SCC(=O)N3CC(C)OC(C)C3)n2N)cc1OC. The monoisotopic (exact) mass is 407 g/mol. The number of thioether (sulfide) groups is 1. The zero-order chi connectivity index (χ0) is 20.3. The Hall–Kier alpha value is -2.46. The lowest BCUT2D eigenvalue weighted by Gasteiger charge is -2.35. The summed E-state index contributed by atoms with van der Waals surface area (Å²) in [5.41, 5.74) is 0.738. The summed E-state index contributed by atoms with van der Waals surface area (Å²) in [5.74, 6) is 8.09. The Morgan fingerprint density at radius 3 is 2.54 bits per heavy atom. The lowest BCUT2D eigenvalue weighted by molar-refractivity contribution is -0.140. The van der Waals surface area contributed by atoms with Crippen LogP contribution in [-0.4, -0.2) is 71.0 Å². The summed E-state index contributed by atoms with van der Waals surface area (Å²) in [6.45, 7) is 5.12. The van der Waals surface area contributed by atoms with Gasteiger partial charge in [0, 0.05) is 18.7 Å². The molecule has 0 aliphatic carbocycles. The number of morpholine rings is 1. The number of ether oxygens (including phenoxy) is 3. The number of aromatic nitrogens is 3. The molecule has 2 unspecified atom stereocenters. The van der Waals surface area contributed by atoms with E-state index < -0.39 is 0 Å². The Bertz CT molecular complexity index is 833. The largest absolute Gasteiger partial charge is 0.493 e. The molecule has 28 heavy (non-hydrogen) atoms. The van der Waals surface area contributed by atoms with Crippen LogP contribution in [0.2, 0.25) is 0 Å². The molecule has 1 saturated heterocycles. The number of carbonyl (C=O) groups is 1. The first-order valence-corrected chi connectivity index (χ1v) is 9.90. The molecule has 2 atom stereocenters. The van der Waals surface area contributed by atoms with Crippen molar-refractivity contribution in [2.75, 3.05) is 38.9 Å².